The van der Waals surface area contributed by atoms with Gasteiger partial charge in [0.15, 0.2) is 0 Å². The summed E-state index contributed by atoms with van der Waals surface area (Å²) in [6.07, 6.45) is 0. The molecule has 122 valence electrons. The summed E-state index contributed by atoms with van der Waals surface area (Å²) in [6, 6.07) is 34.2. The second-order valence-corrected chi connectivity index (χ2v) is 29.6. The highest BCUT2D eigenvalue weighted by molar-refractivity contribution is 7.70. The van der Waals surface area contributed by atoms with Crippen LogP contribution in [0.5, 0.6) is 0 Å². The fraction of sp³-hybridized carbons (Fsp3) is 0.143. The molecular weight excluding hydrogens is 336 g/mol. The van der Waals surface area contributed by atoms with Gasteiger partial charge in [0.2, 0.25) is 0 Å². The van der Waals surface area contributed by atoms with Crippen LogP contribution < -0.4 is 15.6 Å². The van der Waals surface area contributed by atoms with Gasteiger partial charge in [0, 0.05) is 7.59 Å². The van der Waals surface area contributed by atoms with Crippen molar-refractivity contribution < 1.29 is 0 Å². The first-order valence-electron chi connectivity index (χ1n) is 8.69. The van der Waals surface area contributed by atoms with Crippen LogP contribution in [0.4, 0.5) is 0 Å². The van der Waals surface area contributed by atoms with E-state index in [2.05, 4.69) is 111 Å². The molecule has 0 saturated heterocycles. The quantitative estimate of drug-likeness (QED) is 0.612. The van der Waals surface area contributed by atoms with Crippen molar-refractivity contribution in [2.24, 2.45) is 0 Å². The predicted molar refractivity (Wildman–Crippen MR) is 116 cm³/mol. The van der Waals surface area contributed by atoms with Gasteiger partial charge < -0.3 is 0 Å². The van der Waals surface area contributed by atoms with Gasteiger partial charge in [-0.2, -0.15) is 0 Å². The topological polar surface area (TPSA) is 0 Å². The summed E-state index contributed by atoms with van der Waals surface area (Å²) in [5.74, 6) is 0. The van der Waals surface area contributed by atoms with Crippen molar-refractivity contribution in [1.29, 1.82) is 0 Å². The molecule has 0 unspecified atom stereocenters. The Bertz CT molecular complexity index is 723. The van der Waals surface area contributed by atoms with E-state index < -0.39 is 23.7 Å². The molecule has 3 heteroatoms. The smallest absolute Gasteiger partial charge is 0.0711 e. The molecule has 3 aromatic rings. The van der Waals surface area contributed by atoms with Gasteiger partial charge in [-0.15, -0.1) is 0 Å². The van der Waals surface area contributed by atoms with Crippen LogP contribution in [0.25, 0.3) is 0 Å². The molecule has 0 bridgehead atoms. The molecule has 0 heterocycles. The minimum Gasteiger partial charge on any atom is -0.0711 e. The lowest BCUT2D eigenvalue weighted by atomic mass is 10.4. The van der Waals surface area contributed by atoms with E-state index in [4.69, 9.17) is 0 Å². The van der Waals surface area contributed by atoms with Crippen molar-refractivity contribution in [2.45, 2.75) is 19.6 Å². The van der Waals surface area contributed by atoms with E-state index in [1.807, 2.05) is 0 Å². The molecule has 0 amide bonds. The van der Waals surface area contributed by atoms with E-state index in [1.54, 1.807) is 15.6 Å². The maximum Gasteiger partial charge on any atom is 0.102 e. The molecule has 0 radical (unpaired) electrons. The third kappa shape index (κ3) is 3.25. The highest BCUT2D eigenvalue weighted by atomic mass is 29.6. The third-order valence-corrected chi connectivity index (χ3v) is 37.6. The molecule has 24 heavy (non-hydrogen) atoms. The summed E-state index contributed by atoms with van der Waals surface area (Å²) in [5.41, 5.74) is 0. The van der Waals surface area contributed by atoms with E-state index in [0.29, 0.717) is 0 Å². The van der Waals surface area contributed by atoms with Gasteiger partial charge in [-0.1, -0.05) is 126 Å². The molecule has 0 spiro atoms. The maximum atomic E-state index is 2.59. The lowest BCUT2D eigenvalue weighted by molar-refractivity contribution is 1.71. The second kappa shape index (κ2) is 7.05. The molecule has 0 fully saturated rings. The Hall–Kier alpha value is -1.69. The summed E-state index contributed by atoms with van der Waals surface area (Å²) in [5, 5.41) is 4.90. The Morgan fingerprint density at radius 1 is 0.542 bits per heavy atom. The Morgan fingerprint density at radius 2 is 0.917 bits per heavy atom. The molecule has 0 nitrogen and oxygen atoms in total. The van der Waals surface area contributed by atoms with E-state index in [-0.39, 0.29) is 0 Å². The number of hydrogen-bond acceptors (Lipinski definition) is 0. The second-order valence-electron chi connectivity index (χ2n) is 7.55. The van der Waals surface area contributed by atoms with Crippen molar-refractivity contribution in [3.8, 4) is 0 Å². The van der Waals surface area contributed by atoms with Gasteiger partial charge in [0.25, 0.3) is 0 Å². The van der Waals surface area contributed by atoms with Crippen LogP contribution in [-0.2, 0) is 0 Å². The van der Waals surface area contributed by atoms with Crippen LogP contribution in [0, 0.1) is 0 Å². The Balaban J connectivity index is 2.25. The highest BCUT2D eigenvalue weighted by Gasteiger charge is 2.48. The average Bonchev–Trinajstić information content (AvgIpc) is 2.61. The average molecular weight is 363 g/mol. The highest BCUT2D eigenvalue weighted by Crippen LogP contribution is 2.19. The van der Waals surface area contributed by atoms with Crippen molar-refractivity contribution in [3.05, 3.63) is 91.0 Å². The van der Waals surface area contributed by atoms with E-state index >= 15 is 0 Å². The first-order chi connectivity index (χ1) is 11.5. The molecule has 0 aliphatic rings. The van der Waals surface area contributed by atoms with Gasteiger partial charge in [0.1, 0.15) is 7.11 Å². The van der Waals surface area contributed by atoms with Crippen LogP contribution in [0.3, 0.4) is 0 Å². The summed E-state index contributed by atoms with van der Waals surface area (Å²) >= 11 is 0. The predicted octanol–water partition coefficient (Wildman–Crippen LogP) is 2.66. The molecule has 0 aliphatic carbocycles. The molecular formula is C21H26Si3. The SMILES string of the molecule is C[Si](C)(C)[Si]([SiH2]c1ccccc1)(c1ccccc1)c1ccccc1. The van der Waals surface area contributed by atoms with Crippen molar-refractivity contribution in [1.82, 2.24) is 0 Å². The zero-order valence-corrected chi connectivity index (χ0v) is 18.3. The molecule has 0 aromatic heterocycles. The molecule has 3 aromatic carbocycles. The number of benzene rings is 3. The minimum atomic E-state index is -1.71. The van der Waals surface area contributed by atoms with Gasteiger partial charge in [-0.05, 0) is 0 Å². The minimum absolute atomic E-state index is 0.404. The fourth-order valence-corrected chi connectivity index (χ4v) is 29.1. The van der Waals surface area contributed by atoms with Crippen molar-refractivity contribution >= 4 is 39.3 Å². The molecule has 3 rings (SSSR count). The summed E-state index contributed by atoms with van der Waals surface area (Å²) in [7, 11) is -3.52. The zero-order valence-electron chi connectivity index (χ0n) is 14.9. The lowest BCUT2D eigenvalue weighted by Crippen LogP contribution is -2.78. The van der Waals surface area contributed by atoms with Crippen molar-refractivity contribution in [2.75, 3.05) is 0 Å². The number of hydrogen-bond donors (Lipinski definition) is 0. The van der Waals surface area contributed by atoms with Crippen LogP contribution in [0.2, 0.25) is 19.6 Å². The van der Waals surface area contributed by atoms with Gasteiger partial charge >= 0.3 is 0 Å². The first-order valence-corrected chi connectivity index (χ1v) is 18.2. The Morgan fingerprint density at radius 3 is 1.29 bits per heavy atom. The molecule has 0 aliphatic heterocycles. The normalized spacial score (nSPS) is 12.6. The van der Waals surface area contributed by atoms with Crippen LogP contribution >= 0.6 is 0 Å². The summed E-state index contributed by atoms with van der Waals surface area (Å²) in [4.78, 5) is 0. The van der Waals surface area contributed by atoms with Crippen molar-refractivity contribution in [3.63, 3.8) is 0 Å². The van der Waals surface area contributed by atoms with Crippen LogP contribution in [-0.4, -0.2) is 23.7 Å². The zero-order chi connectivity index (χ0) is 17.0. The summed E-state index contributed by atoms with van der Waals surface area (Å²) < 4.78 is 0. The van der Waals surface area contributed by atoms with Gasteiger partial charge in [0.05, 0.1) is 9.04 Å². The van der Waals surface area contributed by atoms with E-state index in [1.165, 1.54) is 0 Å². The Kier molecular flexibility index (Phi) is 5.04. The lowest BCUT2D eigenvalue weighted by Gasteiger charge is -2.43. The van der Waals surface area contributed by atoms with Crippen LogP contribution in [0.15, 0.2) is 91.0 Å². The monoisotopic (exact) mass is 362 g/mol. The van der Waals surface area contributed by atoms with Crippen LogP contribution in [0.1, 0.15) is 0 Å². The van der Waals surface area contributed by atoms with Gasteiger partial charge in [-0.25, -0.2) is 0 Å². The van der Waals surface area contributed by atoms with E-state index in [0.717, 1.165) is 0 Å². The maximum absolute atomic E-state index is 2.59. The number of rotatable bonds is 5. The molecule has 0 saturated carbocycles. The largest absolute Gasteiger partial charge is 0.102 e. The van der Waals surface area contributed by atoms with Gasteiger partial charge in [-0.3, -0.25) is 0 Å². The Labute approximate surface area is 150 Å². The summed E-state index contributed by atoms with van der Waals surface area (Å²) in [6.45, 7) is 7.78. The molecule has 0 atom stereocenters. The molecule has 0 N–H and O–H groups in total. The third-order valence-electron chi connectivity index (χ3n) is 5.13. The first kappa shape index (κ1) is 17.1. The standard InChI is InChI=1S/C21H26Si3/c1-23(2,3)24(20-15-9-5-10-16-20,21-17-11-6-12-18-21)22-19-13-7-4-8-14-19/h4-18H,22H2,1-3H3. The fourth-order valence-electron chi connectivity index (χ4n) is 3.85. The van der Waals surface area contributed by atoms with E-state index in [9.17, 15) is 0 Å².